The molecule has 1 fully saturated rings. The molecular formula is C13H15BrN4O. The van der Waals surface area contributed by atoms with Crippen LogP contribution in [0, 0.1) is 19.8 Å². The molecule has 3 rings (SSSR count). The normalized spacial score (nSPS) is 23.6. The van der Waals surface area contributed by atoms with Gasteiger partial charge in [-0.3, -0.25) is 9.78 Å². The first kappa shape index (κ1) is 12.7. The van der Waals surface area contributed by atoms with Crippen LogP contribution in [0.1, 0.15) is 36.5 Å². The van der Waals surface area contributed by atoms with E-state index in [4.69, 9.17) is 0 Å². The van der Waals surface area contributed by atoms with Crippen LogP contribution in [-0.2, 0) is 4.79 Å². The number of Topliss-reactive ketones (excluding diaryl/α,β-unsaturated/α-hetero) is 1. The number of aromatic nitrogens is 4. The van der Waals surface area contributed by atoms with E-state index in [0.29, 0.717) is 0 Å². The third-order valence-electron chi connectivity index (χ3n) is 3.61. The molecule has 2 unspecified atom stereocenters. The van der Waals surface area contributed by atoms with Crippen LogP contribution in [0.15, 0.2) is 6.20 Å². The summed E-state index contributed by atoms with van der Waals surface area (Å²) in [5.41, 5.74) is 2.61. The third-order valence-corrected chi connectivity index (χ3v) is 4.06. The maximum atomic E-state index is 11.9. The number of carbonyl (C=O) groups is 1. The molecule has 19 heavy (non-hydrogen) atoms. The van der Waals surface area contributed by atoms with Crippen LogP contribution >= 0.6 is 15.9 Å². The monoisotopic (exact) mass is 322 g/mol. The SMILES string of the molecule is Cc1ncc(C)n2nc(C3C[C@@H]3C(=O)C(C)Br)nc12. The van der Waals surface area contributed by atoms with Crippen molar-refractivity contribution in [3.8, 4) is 0 Å². The van der Waals surface area contributed by atoms with Gasteiger partial charge in [-0.05, 0) is 27.2 Å². The molecule has 0 N–H and O–H groups in total. The van der Waals surface area contributed by atoms with E-state index in [0.717, 1.165) is 29.3 Å². The fourth-order valence-electron chi connectivity index (χ4n) is 2.36. The van der Waals surface area contributed by atoms with E-state index in [-0.39, 0.29) is 22.4 Å². The number of aryl methyl sites for hydroxylation is 2. The second kappa shape index (κ2) is 4.37. The molecule has 2 aromatic rings. The molecule has 0 saturated heterocycles. The summed E-state index contributed by atoms with van der Waals surface area (Å²) in [6, 6.07) is 0. The van der Waals surface area contributed by atoms with Gasteiger partial charge >= 0.3 is 0 Å². The van der Waals surface area contributed by atoms with E-state index in [1.54, 1.807) is 6.20 Å². The molecule has 0 spiro atoms. The van der Waals surface area contributed by atoms with Gasteiger partial charge in [-0.2, -0.15) is 5.10 Å². The Morgan fingerprint density at radius 2 is 2.26 bits per heavy atom. The zero-order valence-corrected chi connectivity index (χ0v) is 12.7. The zero-order chi connectivity index (χ0) is 13.7. The minimum absolute atomic E-state index is 0.0698. The molecule has 0 aromatic carbocycles. The second-order valence-corrected chi connectivity index (χ2v) is 6.53. The van der Waals surface area contributed by atoms with Crippen molar-refractivity contribution in [1.82, 2.24) is 19.6 Å². The quantitative estimate of drug-likeness (QED) is 0.813. The predicted molar refractivity (Wildman–Crippen MR) is 74.5 cm³/mol. The minimum atomic E-state index is -0.0929. The fraction of sp³-hybridized carbons (Fsp3) is 0.538. The van der Waals surface area contributed by atoms with Crippen molar-refractivity contribution in [3.05, 3.63) is 23.4 Å². The summed E-state index contributed by atoms with van der Waals surface area (Å²) in [4.78, 5) is 20.7. The Balaban J connectivity index is 1.94. The lowest BCUT2D eigenvalue weighted by Crippen LogP contribution is -2.12. The summed E-state index contributed by atoms with van der Waals surface area (Å²) < 4.78 is 1.81. The highest BCUT2D eigenvalue weighted by molar-refractivity contribution is 9.10. The van der Waals surface area contributed by atoms with Crippen LogP contribution in [0.3, 0.4) is 0 Å². The van der Waals surface area contributed by atoms with Crippen molar-refractivity contribution >= 4 is 27.4 Å². The van der Waals surface area contributed by atoms with Gasteiger partial charge in [0, 0.05) is 18.0 Å². The van der Waals surface area contributed by atoms with Gasteiger partial charge in [0.1, 0.15) is 5.78 Å². The molecular weight excluding hydrogens is 308 g/mol. The van der Waals surface area contributed by atoms with Gasteiger partial charge in [-0.15, -0.1) is 0 Å². The molecule has 2 aromatic heterocycles. The minimum Gasteiger partial charge on any atom is -0.298 e. The number of hydrogen-bond acceptors (Lipinski definition) is 4. The van der Waals surface area contributed by atoms with Crippen molar-refractivity contribution in [2.45, 2.75) is 37.9 Å². The highest BCUT2D eigenvalue weighted by atomic mass is 79.9. The molecule has 0 amide bonds. The lowest BCUT2D eigenvalue weighted by atomic mass is 10.2. The van der Waals surface area contributed by atoms with E-state index in [9.17, 15) is 4.79 Å². The molecule has 1 aliphatic rings. The summed E-state index contributed by atoms with van der Waals surface area (Å²) in [6.45, 7) is 5.74. The van der Waals surface area contributed by atoms with Gasteiger partial charge < -0.3 is 0 Å². The topological polar surface area (TPSA) is 60.2 Å². The molecule has 3 atom stereocenters. The number of carbonyl (C=O) groups excluding carboxylic acids is 1. The van der Waals surface area contributed by atoms with E-state index in [1.807, 2.05) is 25.3 Å². The molecule has 0 aliphatic heterocycles. The first-order chi connectivity index (χ1) is 8.99. The van der Waals surface area contributed by atoms with E-state index < -0.39 is 0 Å². The number of alkyl halides is 1. The highest BCUT2D eigenvalue weighted by Crippen LogP contribution is 2.47. The predicted octanol–water partition coefficient (Wildman–Crippen LogP) is 2.20. The number of ketones is 1. The fourth-order valence-corrected chi connectivity index (χ4v) is 2.70. The Morgan fingerprint density at radius 3 is 2.89 bits per heavy atom. The Labute approximate surface area is 119 Å². The summed E-state index contributed by atoms with van der Waals surface area (Å²) in [6.07, 6.45) is 2.65. The van der Waals surface area contributed by atoms with Gasteiger partial charge in [0.2, 0.25) is 0 Å². The molecule has 1 saturated carbocycles. The molecule has 0 radical (unpaired) electrons. The van der Waals surface area contributed by atoms with E-state index in [2.05, 4.69) is 31.0 Å². The van der Waals surface area contributed by atoms with Crippen molar-refractivity contribution in [2.75, 3.05) is 0 Å². The first-order valence-corrected chi connectivity index (χ1v) is 7.27. The summed E-state index contributed by atoms with van der Waals surface area (Å²) in [7, 11) is 0. The van der Waals surface area contributed by atoms with Crippen molar-refractivity contribution in [3.63, 3.8) is 0 Å². The van der Waals surface area contributed by atoms with Crippen LogP contribution in [0.4, 0.5) is 0 Å². The van der Waals surface area contributed by atoms with Crippen molar-refractivity contribution in [1.29, 1.82) is 0 Å². The van der Waals surface area contributed by atoms with Crippen LogP contribution in [0.5, 0.6) is 0 Å². The lowest BCUT2D eigenvalue weighted by molar-refractivity contribution is -0.119. The first-order valence-electron chi connectivity index (χ1n) is 6.35. The van der Waals surface area contributed by atoms with Crippen LogP contribution in [0.2, 0.25) is 0 Å². The van der Waals surface area contributed by atoms with Crippen LogP contribution in [-0.4, -0.2) is 30.2 Å². The zero-order valence-electron chi connectivity index (χ0n) is 11.1. The van der Waals surface area contributed by atoms with E-state index in [1.165, 1.54) is 0 Å². The number of nitrogens with zero attached hydrogens (tertiary/aromatic N) is 4. The number of halogens is 1. The van der Waals surface area contributed by atoms with Crippen molar-refractivity contribution in [2.24, 2.45) is 5.92 Å². The van der Waals surface area contributed by atoms with Crippen LogP contribution in [0.25, 0.3) is 5.65 Å². The standard InChI is InChI=1S/C13H15BrN4O/c1-6-5-15-8(3)13-16-12(17-18(6)13)10-4-9(10)11(19)7(2)14/h5,7,9-10H,4H2,1-3H3/t7?,9-,10?/m0/s1. The molecule has 1 aliphatic carbocycles. The van der Waals surface area contributed by atoms with Crippen molar-refractivity contribution < 1.29 is 4.79 Å². The van der Waals surface area contributed by atoms with Gasteiger partial charge in [-0.1, -0.05) is 15.9 Å². The average Bonchev–Trinajstić information content (AvgIpc) is 3.03. The number of hydrogen-bond donors (Lipinski definition) is 0. The molecule has 2 heterocycles. The Hall–Kier alpha value is -1.30. The highest BCUT2D eigenvalue weighted by Gasteiger charge is 2.47. The van der Waals surface area contributed by atoms with Gasteiger partial charge in [0.15, 0.2) is 11.5 Å². The maximum Gasteiger partial charge on any atom is 0.177 e. The Bertz CT molecular complexity index is 625. The van der Waals surface area contributed by atoms with E-state index >= 15 is 0 Å². The molecule has 100 valence electrons. The van der Waals surface area contributed by atoms with Gasteiger partial charge in [0.05, 0.1) is 16.2 Å². The second-order valence-electron chi connectivity index (χ2n) is 5.16. The van der Waals surface area contributed by atoms with Crippen LogP contribution < -0.4 is 0 Å². The smallest absolute Gasteiger partial charge is 0.177 e. The average molecular weight is 323 g/mol. The summed E-state index contributed by atoms with van der Waals surface area (Å²) in [5.74, 6) is 1.26. The molecule has 6 heteroatoms. The number of rotatable bonds is 3. The summed E-state index contributed by atoms with van der Waals surface area (Å²) >= 11 is 3.33. The third kappa shape index (κ3) is 2.08. The number of fused-ring (bicyclic) bond motifs is 1. The molecule has 5 nitrogen and oxygen atoms in total. The lowest BCUT2D eigenvalue weighted by Gasteiger charge is -1.99. The largest absolute Gasteiger partial charge is 0.298 e. The Morgan fingerprint density at radius 1 is 1.53 bits per heavy atom. The van der Waals surface area contributed by atoms with Gasteiger partial charge in [0.25, 0.3) is 0 Å². The Kier molecular flexibility index (Phi) is 2.92. The molecule has 0 bridgehead atoms. The maximum absolute atomic E-state index is 11.9. The summed E-state index contributed by atoms with van der Waals surface area (Å²) in [5, 5.41) is 4.53. The van der Waals surface area contributed by atoms with Gasteiger partial charge in [-0.25, -0.2) is 9.50 Å².